The Labute approximate surface area is 159 Å². The van der Waals surface area contributed by atoms with Crippen LogP contribution in [0.5, 0.6) is 0 Å². The van der Waals surface area contributed by atoms with Crippen molar-refractivity contribution >= 4 is 33.1 Å². The molecule has 3 atom stereocenters. The van der Waals surface area contributed by atoms with E-state index < -0.39 is 27.7 Å². The number of piperidine rings is 1. The third kappa shape index (κ3) is 3.69. The van der Waals surface area contributed by atoms with Crippen LogP contribution in [-0.2, 0) is 10.0 Å². The van der Waals surface area contributed by atoms with Crippen molar-refractivity contribution in [2.75, 3.05) is 11.9 Å². The summed E-state index contributed by atoms with van der Waals surface area (Å²) in [6.45, 7) is 0.492. The van der Waals surface area contributed by atoms with E-state index in [4.69, 9.17) is 0 Å². The lowest BCUT2D eigenvalue weighted by Gasteiger charge is -2.33. The van der Waals surface area contributed by atoms with E-state index in [-0.39, 0.29) is 27.9 Å². The number of fused-ring (bicyclic) bond motifs is 2. The Morgan fingerprint density at radius 2 is 1.93 bits per heavy atom. The summed E-state index contributed by atoms with van der Waals surface area (Å²) in [5, 5.41) is 4.18. The number of benzene rings is 1. The SMILES string of the molecule is O=C(Nc1cc(F)cc(F)c1)N1C[C@@H]2C[C@H](NS(=O)(=O)c3cccs3)[C@H]1C2. The van der Waals surface area contributed by atoms with Gasteiger partial charge in [-0.1, -0.05) is 6.07 Å². The highest BCUT2D eigenvalue weighted by molar-refractivity contribution is 7.91. The first-order chi connectivity index (χ1) is 12.8. The first kappa shape index (κ1) is 18.3. The molecule has 0 unspecified atom stereocenters. The van der Waals surface area contributed by atoms with Gasteiger partial charge in [-0.05, 0) is 42.3 Å². The number of hydrogen-bond acceptors (Lipinski definition) is 4. The molecule has 1 aromatic carbocycles. The van der Waals surface area contributed by atoms with Crippen LogP contribution in [0.3, 0.4) is 0 Å². The van der Waals surface area contributed by atoms with Gasteiger partial charge in [0.05, 0.1) is 6.04 Å². The minimum Gasteiger partial charge on any atom is -0.320 e. The predicted octanol–water partition coefficient (Wildman–Crippen LogP) is 3.00. The molecule has 1 aliphatic heterocycles. The van der Waals surface area contributed by atoms with Crippen LogP contribution >= 0.6 is 11.3 Å². The Morgan fingerprint density at radius 1 is 1.19 bits per heavy atom. The van der Waals surface area contributed by atoms with Gasteiger partial charge in [0, 0.05) is 24.3 Å². The Hall–Kier alpha value is -2.04. The van der Waals surface area contributed by atoms with Gasteiger partial charge in [-0.25, -0.2) is 26.7 Å². The standard InChI is InChI=1S/C17H17F2N3O3S2/c18-11-6-12(19)8-13(7-11)20-17(23)22-9-10-4-14(15(22)5-10)21-27(24,25)16-2-1-3-26-16/h1-3,6-8,10,14-15,21H,4-5,9H2,(H,20,23)/t10-,14+,15-/m1/s1. The summed E-state index contributed by atoms with van der Waals surface area (Å²) in [7, 11) is -3.63. The number of halogens is 2. The predicted molar refractivity (Wildman–Crippen MR) is 97.0 cm³/mol. The van der Waals surface area contributed by atoms with Gasteiger partial charge in [0.1, 0.15) is 15.8 Å². The van der Waals surface area contributed by atoms with Crippen LogP contribution < -0.4 is 10.0 Å². The lowest BCUT2D eigenvalue weighted by Crippen LogP contribution is -2.52. The molecule has 2 fully saturated rings. The van der Waals surface area contributed by atoms with E-state index in [1.54, 1.807) is 16.3 Å². The molecule has 2 N–H and O–H groups in total. The molecule has 0 radical (unpaired) electrons. The van der Waals surface area contributed by atoms with Gasteiger partial charge in [0.15, 0.2) is 0 Å². The molecule has 4 rings (SSSR count). The average molecular weight is 413 g/mol. The third-order valence-corrected chi connectivity index (χ3v) is 7.81. The summed E-state index contributed by atoms with van der Waals surface area (Å²) in [6.07, 6.45) is 1.36. The normalized spacial score (nSPS) is 24.4. The fraction of sp³-hybridized carbons (Fsp3) is 0.353. The maximum absolute atomic E-state index is 13.3. The van der Waals surface area contributed by atoms with Gasteiger partial charge < -0.3 is 10.2 Å². The highest BCUT2D eigenvalue weighted by atomic mass is 32.2. The zero-order valence-corrected chi connectivity index (χ0v) is 15.7. The van der Waals surface area contributed by atoms with E-state index in [9.17, 15) is 22.0 Å². The average Bonchev–Trinajstić information content (AvgIpc) is 3.30. The van der Waals surface area contributed by atoms with Crippen molar-refractivity contribution in [2.45, 2.75) is 29.1 Å². The summed E-state index contributed by atoms with van der Waals surface area (Å²) < 4.78 is 54.5. The van der Waals surface area contributed by atoms with E-state index >= 15 is 0 Å². The molecule has 144 valence electrons. The Kier molecular flexibility index (Phi) is 4.65. The van der Waals surface area contributed by atoms with Crippen LogP contribution in [0.25, 0.3) is 0 Å². The zero-order valence-electron chi connectivity index (χ0n) is 14.1. The minimum absolute atomic E-state index is 0.0241. The summed E-state index contributed by atoms with van der Waals surface area (Å²) in [5.74, 6) is -1.37. The minimum atomic E-state index is -3.63. The fourth-order valence-electron chi connectivity index (χ4n) is 3.88. The molecule has 2 amide bonds. The molecule has 6 nitrogen and oxygen atoms in total. The molecule has 1 saturated carbocycles. The number of carbonyl (C=O) groups excluding carboxylic acids is 1. The zero-order chi connectivity index (χ0) is 19.2. The van der Waals surface area contributed by atoms with Gasteiger partial charge in [0.25, 0.3) is 0 Å². The Balaban J connectivity index is 1.47. The topological polar surface area (TPSA) is 78.5 Å². The fourth-order valence-corrected chi connectivity index (χ4v) is 6.17. The maximum Gasteiger partial charge on any atom is 0.322 e. The first-order valence-electron chi connectivity index (χ1n) is 8.41. The van der Waals surface area contributed by atoms with Crippen LogP contribution in [0.4, 0.5) is 19.3 Å². The number of anilines is 1. The second kappa shape index (κ2) is 6.84. The molecule has 2 aromatic rings. The van der Waals surface area contributed by atoms with Crippen LogP contribution in [0.15, 0.2) is 39.9 Å². The van der Waals surface area contributed by atoms with Crippen molar-refractivity contribution in [1.82, 2.24) is 9.62 Å². The molecule has 1 saturated heterocycles. The molecule has 2 heterocycles. The summed E-state index contributed by atoms with van der Waals surface area (Å²) >= 11 is 1.13. The van der Waals surface area contributed by atoms with Crippen molar-refractivity contribution in [3.63, 3.8) is 0 Å². The molecule has 10 heteroatoms. The molecule has 1 aliphatic carbocycles. The number of thiophene rings is 1. The molecule has 1 aromatic heterocycles. The number of urea groups is 1. The largest absolute Gasteiger partial charge is 0.322 e. The van der Waals surface area contributed by atoms with E-state index in [0.717, 1.165) is 29.5 Å². The monoisotopic (exact) mass is 413 g/mol. The molecule has 0 spiro atoms. The summed E-state index contributed by atoms with van der Waals surface area (Å²) in [5.41, 5.74) is 0.0241. The van der Waals surface area contributed by atoms with Crippen LogP contribution in [-0.4, -0.2) is 38.0 Å². The Morgan fingerprint density at radius 3 is 2.56 bits per heavy atom. The molecule has 27 heavy (non-hydrogen) atoms. The Bertz CT molecular complexity index is 946. The van der Waals surface area contributed by atoms with Crippen molar-refractivity contribution in [3.05, 3.63) is 47.3 Å². The van der Waals surface area contributed by atoms with Crippen LogP contribution in [0.1, 0.15) is 12.8 Å². The number of sulfonamides is 1. The van der Waals surface area contributed by atoms with Gasteiger partial charge in [-0.15, -0.1) is 11.3 Å². The van der Waals surface area contributed by atoms with Crippen molar-refractivity contribution in [2.24, 2.45) is 5.92 Å². The van der Waals surface area contributed by atoms with Crippen LogP contribution in [0.2, 0.25) is 0 Å². The van der Waals surface area contributed by atoms with Gasteiger partial charge in [-0.3, -0.25) is 0 Å². The molecular weight excluding hydrogens is 396 g/mol. The lowest BCUT2D eigenvalue weighted by molar-refractivity contribution is 0.183. The third-order valence-electron chi connectivity index (χ3n) is 4.92. The number of carbonyl (C=O) groups is 1. The van der Waals surface area contributed by atoms with Gasteiger partial charge >= 0.3 is 6.03 Å². The highest BCUT2D eigenvalue weighted by Crippen LogP contribution is 2.39. The van der Waals surface area contributed by atoms with Crippen molar-refractivity contribution in [3.8, 4) is 0 Å². The number of likely N-dealkylation sites (tertiary alicyclic amines) is 1. The van der Waals surface area contributed by atoms with Gasteiger partial charge in [0.2, 0.25) is 10.0 Å². The molecule has 2 bridgehead atoms. The molecule has 2 aliphatic rings. The van der Waals surface area contributed by atoms with Gasteiger partial charge in [-0.2, -0.15) is 0 Å². The highest BCUT2D eigenvalue weighted by Gasteiger charge is 2.48. The van der Waals surface area contributed by atoms with Crippen molar-refractivity contribution < 1.29 is 22.0 Å². The van der Waals surface area contributed by atoms with E-state index in [0.29, 0.717) is 19.4 Å². The van der Waals surface area contributed by atoms with E-state index in [1.807, 2.05) is 0 Å². The summed E-state index contributed by atoms with van der Waals surface area (Å²) in [6, 6.07) is 4.82. The summed E-state index contributed by atoms with van der Waals surface area (Å²) in [4.78, 5) is 14.1. The van der Waals surface area contributed by atoms with Crippen molar-refractivity contribution in [1.29, 1.82) is 0 Å². The second-order valence-corrected chi connectivity index (χ2v) is 9.69. The molecular formula is C17H17F2N3O3S2. The first-order valence-corrected chi connectivity index (χ1v) is 10.8. The number of amides is 2. The lowest BCUT2D eigenvalue weighted by atomic mass is 10.1. The number of rotatable bonds is 4. The maximum atomic E-state index is 13.3. The van der Waals surface area contributed by atoms with E-state index in [2.05, 4.69) is 10.0 Å². The number of nitrogens with zero attached hydrogens (tertiary/aromatic N) is 1. The van der Waals surface area contributed by atoms with E-state index in [1.165, 1.54) is 6.07 Å². The van der Waals surface area contributed by atoms with Crippen LogP contribution in [0, 0.1) is 17.6 Å². The smallest absolute Gasteiger partial charge is 0.320 e. The number of hydrogen-bond donors (Lipinski definition) is 2. The number of nitrogens with one attached hydrogen (secondary N) is 2. The second-order valence-electron chi connectivity index (χ2n) is 6.81. The quantitative estimate of drug-likeness (QED) is 0.809.